The van der Waals surface area contributed by atoms with Crippen molar-refractivity contribution in [1.82, 2.24) is 10.2 Å². The lowest BCUT2D eigenvalue weighted by Gasteiger charge is -2.23. The van der Waals surface area contributed by atoms with E-state index in [-0.39, 0.29) is 0 Å². The van der Waals surface area contributed by atoms with E-state index in [1.54, 1.807) is 0 Å². The van der Waals surface area contributed by atoms with Gasteiger partial charge in [0.2, 0.25) is 0 Å². The lowest BCUT2D eigenvalue weighted by molar-refractivity contribution is 0.260. The average molecular weight is 260 g/mol. The zero-order chi connectivity index (χ0) is 13.8. The molecule has 2 rings (SSSR count). The highest BCUT2D eigenvalue weighted by atomic mass is 15.2. The molecule has 1 atom stereocenters. The molecule has 1 unspecified atom stereocenters. The van der Waals surface area contributed by atoms with Gasteiger partial charge in [-0.1, -0.05) is 24.6 Å². The van der Waals surface area contributed by atoms with Gasteiger partial charge in [0.05, 0.1) is 0 Å². The van der Waals surface area contributed by atoms with E-state index < -0.39 is 0 Å². The van der Waals surface area contributed by atoms with Gasteiger partial charge >= 0.3 is 0 Å². The summed E-state index contributed by atoms with van der Waals surface area (Å²) in [5.41, 5.74) is 5.69. The van der Waals surface area contributed by atoms with E-state index in [9.17, 15) is 0 Å². The van der Waals surface area contributed by atoms with E-state index in [1.807, 2.05) is 0 Å². The molecule has 0 aromatic heterocycles. The SMILES string of the molecule is CCN1CCCC1CNCc1c(C)cc(C)cc1C. The molecular weight excluding hydrogens is 232 g/mol. The van der Waals surface area contributed by atoms with Crippen molar-refractivity contribution in [2.75, 3.05) is 19.6 Å². The minimum atomic E-state index is 0.746. The molecule has 0 amide bonds. The Hall–Kier alpha value is -0.860. The average Bonchev–Trinajstić information content (AvgIpc) is 2.79. The van der Waals surface area contributed by atoms with Crippen molar-refractivity contribution in [3.63, 3.8) is 0 Å². The van der Waals surface area contributed by atoms with E-state index >= 15 is 0 Å². The Balaban J connectivity index is 1.89. The highest BCUT2D eigenvalue weighted by Gasteiger charge is 2.22. The number of aryl methyl sites for hydroxylation is 3. The van der Waals surface area contributed by atoms with Gasteiger partial charge < -0.3 is 5.32 Å². The van der Waals surface area contributed by atoms with Gasteiger partial charge in [-0.25, -0.2) is 0 Å². The molecule has 1 N–H and O–H groups in total. The zero-order valence-corrected chi connectivity index (χ0v) is 12.9. The molecule has 2 heteroatoms. The Morgan fingerprint density at radius 2 is 1.89 bits per heavy atom. The van der Waals surface area contributed by atoms with Crippen LogP contribution in [0.5, 0.6) is 0 Å². The number of benzene rings is 1. The van der Waals surface area contributed by atoms with Crippen molar-refractivity contribution in [3.8, 4) is 0 Å². The highest BCUT2D eigenvalue weighted by Crippen LogP contribution is 2.18. The summed E-state index contributed by atoms with van der Waals surface area (Å²) in [4.78, 5) is 2.60. The van der Waals surface area contributed by atoms with Gasteiger partial charge in [-0.15, -0.1) is 0 Å². The first-order chi connectivity index (χ1) is 9.11. The molecule has 0 saturated carbocycles. The highest BCUT2D eigenvalue weighted by molar-refractivity contribution is 5.37. The maximum atomic E-state index is 3.67. The van der Waals surface area contributed by atoms with Gasteiger partial charge in [-0.2, -0.15) is 0 Å². The molecule has 0 radical (unpaired) electrons. The quantitative estimate of drug-likeness (QED) is 0.874. The predicted octanol–water partition coefficient (Wildman–Crippen LogP) is 3.19. The van der Waals surface area contributed by atoms with Crippen LogP contribution in [0.15, 0.2) is 12.1 Å². The fraction of sp³-hybridized carbons (Fsp3) is 0.647. The first-order valence-corrected chi connectivity index (χ1v) is 7.63. The lowest BCUT2D eigenvalue weighted by Crippen LogP contribution is -2.37. The summed E-state index contributed by atoms with van der Waals surface area (Å²) in [5, 5.41) is 3.67. The molecule has 1 aromatic carbocycles. The summed E-state index contributed by atoms with van der Waals surface area (Å²) < 4.78 is 0. The molecule has 1 aliphatic rings. The summed E-state index contributed by atoms with van der Waals surface area (Å²) in [6.45, 7) is 13.5. The van der Waals surface area contributed by atoms with E-state index in [0.717, 1.165) is 19.1 Å². The molecule has 19 heavy (non-hydrogen) atoms. The van der Waals surface area contributed by atoms with Crippen molar-refractivity contribution in [2.24, 2.45) is 0 Å². The van der Waals surface area contributed by atoms with E-state index in [1.165, 1.54) is 48.2 Å². The molecule has 1 aromatic rings. The molecule has 0 aliphatic carbocycles. The fourth-order valence-electron chi connectivity index (χ4n) is 3.40. The Morgan fingerprint density at radius 3 is 2.53 bits per heavy atom. The van der Waals surface area contributed by atoms with Crippen LogP contribution < -0.4 is 5.32 Å². The van der Waals surface area contributed by atoms with Gasteiger partial charge in [-0.05, 0) is 63.4 Å². The van der Waals surface area contributed by atoms with E-state index in [2.05, 4.69) is 50.0 Å². The van der Waals surface area contributed by atoms with Crippen molar-refractivity contribution >= 4 is 0 Å². The maximum absolute atomic E-state index is 3.67. The van der Waals surface area contributed by atoms with Gasteiger partial charge in [0.1, 0.15) is 0 Å². The molecule has 2 nitrogen and oxygen atoms in total. The normalized spacial score (nSPS) is 20.1. The molecule has 106 valence electrons. The molecule has 0 bridgehead atoms. The van der Waals surface area contributed by atoms with Gasteiger partial charge in [0.15, 0.2) is 0 Å². The number of nitrogens with zero attached hydrogens (tertiary/aromatic N) is 1. The first-order valence-electron chi connectivity index (χ1n) is 7.63. The van der Waals surface area contributed by atoms with Gasteiger partial charge in [-0.3, -0.25) is 4.90 Å². The second-order valence-corrected chi connectivity index (χ2v) is 5.93. The van der Waals surface area contributed by atoms with Crippen LogP contribution >= 0.6 is 0 Å². The van der Waals surface area contributed by atoms with Crippen LogP contribution in [0.2, 0.25) is 0 Å². The lowest BCUT2D eigenvalue weighted by atomic mass is 10.00. The number of likely N-dealkylation sites (N-methyl/N-ethyl adjacent to an activating group) is 1. The summed E-state index contributed by atoms with van der Waals surface area (Å²) in [5.74, 6) is 0. The second kappa shape index (κ2) is 6.53. The van der Waals surface area contributed by atoms with Crippen LogP contribution in [0, 0.1) is 20.8 Å². The first kappa shape index (κ1) is 14.5. The molecule has 0 spiro atoms. The number of likely N-dealkylation sites (tertiary alicyclic amines) is 1. The minimum Gasteiger partial charge on any atom is -0.311 e. The third kappa shape index (κ3) is 3.58. The molecule has 1 heterocycles. The van der Waals surface area contributed by atoms with Crippen molar-refractivity contribution < 1.29 is 0 Å². The molecule has 1 saturated heterocycles. The molecular formula is C17H28N2. The number of rotatable bonds is 5. The largest absolute Gasteiger partial charge is 0.311 e. The van der Waals surface area contributed by atoms with Crippen LogP contribution in [-0.4, -0.2) is 30.6 Å². The Kier molecular flexibility index (Phi) is 5.00. The Bertz CT molecular complexity index is 402. The third-order valence-electron chi connectivity index (χ3n) is 4.43. The predicted molar refractivity (Wildman–Crippen MR) is 82.6 cm³/mol. The standard InChI is InChI=1S/C17H28N2/c1-5-19-8-6-7-16(19)11-18-12-17-14(3)9-13(2)10-15(17)4/h9-10,16,18H,5-8,11-12H2,1-4H3. The van der Waals surface area contributed by atoms with Crippen molar-refractivity contribution in [2.45, 2.75) is 53.1 Å². The molecule has 1 aliphatic heterocycles. The summed E-state index contributed by atoms with van der Waals surface area (Å²) in [6, 6.07) is 5.33. The maximum Gasteiger partial charge on any atom is 0.0221 e. The van der Waals surface area contributed by atoms with Gasteiger partial charge in [0.25, 0.3) is 0 Å². The van der Waals surface area contributed by atoms with Crippen molar-refractivity contribution in [1.29, 1.82) is 0 Å². The van der Waals surface area contributed by atoms with Crippen LogP contribution in [0.4, 0.5) is 0 Å². The van der Waals surface area contributed by atoms with E-state index in [4.69, 9.17) is 0 Å². The summed E-state index contributed by atoms with van der Waals surface area (Å²) >= 11 is 0. The molecule has 1 fully saturated rings. The Labute approximate surface area is 118 Å². The number of hydrogen-bond donors (Lipinski definition) is 1. The van der Waals surface area contributed by atoms with Crippen LogP contribution in [0.25, 0.3) is 0 Å². The Morgan fingerprint density at radius 1 is 1.21 bits per heavy atom. The van der Waals surface area contributed by atoms with Gasteiger partial charge in [0, 0.05) is 19.1 Å². The fourth-order valence-corrected chi connectivity index (χ4v) is 3.40. The van der Waals surface area contributed by atoms with Crippen LogP contribution in [0.3, 0.4) is 0 Å². The zero-order valence-electron chi connectivity index (χ0n) is 12.9. The van der Waals surface area contributed by atoms with Crippen LogP contribution in [-0.2, 0) is 6.54 Å². The topological polar surface area (TPSA) is 15.3 Å². The minimum absolute atomic E-state index is 0.746. The summed E-state index contributed by atoms with van der Waals surface area (Å²) in [6.07, 6.45) is 2.72. The number of nitrogens with one attached hydrogen (secondary N) is 1. The smallest absolute Gasteiger partial charge is 0.0221 e. The second-order valence-electron chi connectivity index (χ2n) is 5.93. The number of hydrogen-bond acceptors (Lipinski definition) is 2. The summed E-state index contributed by atoms with van der Waals surface area (Å²) in [7, 11) is 0. The van der Waals surface area contributed by atoms with Crippen LogP contribution in [0.1, 0.15) is 42.0 Å². The van der Waals surface area contributed by atoms with E-state index in [0.29, 0.717) is 0 Å². The van der Waals surface area contributed by atoms with Crippen molar-refractivity contribution in [3.05, 3.63) is 34.4 Å². The third-order valence-corrected chi connectivity index (χ3v) is 4.43. The monoisotopic (exact) mass is 260 g/mol.